The third kappa shape index (κ3) is 2.14. The molecule has 2 aliphatic rings. The van der Waals surface area contributed by atoms with Gasteiger partial charge in [-0.3, -0.25) is 0 Å². The van der Waals surface area contributed by atoms with Crippen LogP contribution >= 0.6 is 0 Å². The van der Waals surface area contributed by atoms with Gasteiger partial charge in [-0.25, -0.2) is 4.98 Å². The Morgan fingerprint density at radius 1 is 1.19 bits per heavy atom. The van der Waals surface area contributed by atoms with Gasteiger partial charge in [0.1, 0.15) is 5.82 Å². The minimum absolute atomic E-state index is 0.786. The van der Waals surface area contributed by atoms with Crippen molar-refractivity contribution in [2.75, 3.05) is 13.1 Å². The summed E-state index contributed by atoms with van der Waals surface area (Å²) in [5.74, 6) is 2.84. The summed E-state index contributed by atoms with van der Waals surface area (Å²) in [6, 6.07) is 0. The number of imidazole rings is 1. The number of nitrogens with zero attached hydrogens (tertiary/aromatic N) is 1. The summed E-state index contributed by atoms with van der Waals surface area (Å²) in [5.41, 5.74) is 1.38. The molecule has 1 saturated heterocycles. The number of hydrogen-bond donors (Lipinski definition) is 2. The van der Waals surface area contributed by atoms with E-state index in [1.54, 1.807) is 0 Å². The Kier molecular flexibility index (Phi) is 2.96. The SMILES string of the molecule is c1nc(CC2CCNCC2)[nH]c1C1CCC1. The lowest BCUT2D eigenvalue weighted by Crippen LogP contribution is -2.28. The Bertz CT molecular complexity index is 335. The number of aromatic amines is 1. The van der Waals surface area contributed by atoms with Crippen LogP contribution in [0.4, 0.5) is 0 Å². The molecule has 88 valence electrons. The zero-order chi connectivity index (χ0) is 10.8. The Morgan fingerprint density at radius 2 is 2.00 bits per heavy atom. The van der Waals surface area contributed by atoms with Gasteiger partial charge in [-0.2, -0.15) is 0 Å². The van der Waals surface area contributed by atoms with Crippen LogP contribution in [0, 0.1) is 5.92 Å². The van der Waals surface area contributed by atoms with Crippen molar-refractivity contribution in [1.29, 1.82) is 0 Å². The highest BCUT2D eigenvalue weighted by molar-refractivity contribution is 5.10. The maximum Gasteiger partial charge on any atom is 0.106 e. The quantitative estimate of drug-likeness (QED) is 0.818. The number of rotatable bonds is 3. The number of H-pyrrole nitrogens is 1. The Labute approximate surface area is 97.0 Å². The van der Waals surface area contributed by atoms with Crippen molar-refractivity contribution >= 4 is 0 Å². The smallest absolute Gasteiger partial charge is 0.106 e. The van der Waals surface area contributed by atoms with Crippen LogP contribution in [0.15, 0.2) is 6.20 Å². The lowest BCUT2D eigenvalue weighted by Gasteiger charge is -2.24. The third-order valence-corrected chi connectivity index (χ3v) is 4.13. The van der Waals surface area contributed by atoms with Gasteiger partial charge in [0.15, 0.2) is 0 Å². The van der Waals surface area contributed by atoms with E-state index < -0.39 is 0 Å². The number of aromatic nitrogens is 2. The summed E-state index contributed by atoms with van der Waals surface area (Å²) < 4.78 is 0. The molecule has 3 heteroatoms. The van der Waals surface area contributed by atoms with Gasteiger partial charge in [-0.05, 0) is 44.7 Å². The van der Waals surface area contributed by atoms with Gasteiger partial charge in [0.25, 0.3) is 0 Å². The van der Waals surface area contributed by atoms with Gasteiger partial charge in [0.05, 0.1) is 0 Å². The highest BCUT2D eigenvalue weighted by Crippen LogP contribution is 2.35. The first-order chi connectivity index (χ1) is 7.92. The van der Waals surface area contributed by atoms with Crippen LogP contribution in [-0.2, 0) is 6.42 Å². The van der Waals surface area contributed by atoms with E-state index in [2.05, 4.69) is 21.5 Å². The van der Waals surface area contributed by atoms with Crippen molar-refractivity contribution < 1.29 is 0 Å². The number of hydrogen-bond acceptors (Lipinski definition) is 2. The molecular formula is C13H21N3. The average molecular weight is 219 g/mol. The third-order valence-electron chi connectivity index (χ3n) is 4.13. The van der Waals surface area contributed by atoms with Crippen LogP contribution < -0.4 is 5.32 Å². The van der Waals surface area contributed by atoms with Gasteiger partial charge in [0.2, 0.25) is 0 Å². The lowest BCUT2D eigenvalue weighted by atomic mass is 9.83. The fraction of sp³-hybridized carbons (Fsp3) is 0.769. The van der Waals surface area contributed by atoms with Crippen molar-refractivity contribution in [3.8, 4) is 0 Å². The maximum absolute atomic E-state index is 4.54. The summed E-state index contributed by atoms with van der Waals surface area (Å²) in [6.45, 7) is 2.36. The molecule has 0 spiro atoms. The van der Waals surface area contributed by atoms with E-state index in [-0.39, 0.29) is 0 Å². The molecule has 3 rings (SSSR count). The van der Waals surface area contributed by atoms with E-state index in [9.17, 15) is 0 Å². The molecule has 1 aromatic heterocycles. The van der Waals surface area contributed by atoms with E-state index in [0.717, 1.165) is 18.3 Å². The minimum Gasteiger partial charge on any atom is -0.346 e. The van der Waals surface area contributed by atoms with Crippen molar-refractivity contribution in [1.82, 2.24) is 15.3 Å². The molecule has 0 atom stereocenters. The molecule has 0 radical (unpaired) electrons. The van der Waals surface area contributed by atoms with E-state index in [0.29, 0.717) is 0 Å². The Balaban J connectivity index is 1.58. The average Bonchev–Trinajstić information content (AvgIpc) is 2.65. The molecule has 1 aromatic rings. The lowest BCUT2D eigenvalue weighted by molar-refractivity contribution is 0.367. The molecule has 0 aromatic carbocycles. The van der Waals surface area contributed by atoms with Gasteiger partial charge >= 0.3 is 0 Å². The first kappa shape index (κ1) is 10.3. The summed E-state index contributed by atoms with van der Waals surface area (Å²) in [5, 5.41) is 3.41. The fourth-order valence-electron chi connectivity index (χ4n) is 2.77. The van der Waals surface area contributed by atoms with E-state index in [4.69, 9.17) is 0 Å². The molecule has 2 heterocycles. The molecule has 0 bridgehead atoms. The second kappa shape index (κ2) is 4.58. The predicted molar refractivity (Wildman–Crippen MR) is 64.5 cm³/mol. The standard InChI is InChI=1S/C13H21N3/c1-2-11(3-1)12-9-15-13(16-12)8-10-4-6-14-7-5-10/h9-11,14H,1-8H2,(H,15,16). The van der Waals surface area contributed by atoms with E-state index in [1.807, 2.05) is 0 Å². The minimum atomic E-state index is 0.786. The van der Waals surface area contributed by atoms with Gasteiger partial charge in [-0.15, -0.1) is 0 Å². The number of piperidine rings is 1. The van der Waals surface area contributed by atoms with Crippen molar-refractivity contribution in [3.05, 3.63) is 17.7 Å². The zero-order valence-corrected chi connectivity index (χ0v) is 9.84. The molecule has 1 aliphatic carbocycles. The fourth-order valence-corrected chi connectivity index (χ4v) is 2.77. The van der Waals surface area contributed by atoms with E-state index in [1.165, 1.54) is 56.7 Å². The predicted octanol–water partition coefficient (Wildman–Crippen LogP) is 2.22. The molecule has 1 saturated carbocycles. The highest BCUT2D eigenvalue weighted by Gasteiger charge is 2.22. The van der Waals surface area contributed by atoms with Crippen molar-refractivity contribution in [2.24, 2.45) is 5.92 Å². The topological polar surface area (TPSA) is 40.7 Å². The maximum atomic E-state index is 4.54. The van der Waals surface area contributed by atoms with Gasteiger partial charge in [0, 0.05) is 24.2 Å². The molecule has 0 unspecified atom stereocenters. The van der Waals surface area contributed by atoms with Gasteiger partial charge < -0.3 is 10.3 Å². The molecule has 1 aliphatic heterocycles. The van der Waals surface area contributed by atoms with Crippen LogP contribution in [0.5, 0.6) is 0 Å². The van der Waals surface area contributed by atoms with Gasteiger partial charge in [-0.1, -0.05) is 6.42 Å². The van der Waals surface area contributed by atoms with Crippen LogP contribution in [-0.4, -0.2) is 23.1 Å². The second-order valence-corrected chi connectivity index (χ2v) is 5.31. The van der Waals surface area contributed by atoms with E-state index >= 15 is 0 Å². The van der Waals surface area contributed by atoms with Crippen molar-refractivity contribution in [3.63, 3.8) is 0 Å². The molecule has 2 N–H and O–H groups in total. The molecule has 3 nitrogen and oxygen atoms in total. The summed E-state index contributed by atoms with van der Waals surface area (Å²) in [7, 11) is 0. The molecule has 2 fully saturated rings. The van der Waals surface area contributed by atoms with Crippen LogP contribution in [0.2, 0.25) is 0 Å². The monoisotopic (exact) mass is 219 g/mol. The van der Waals surface area contributed by atoms with Crippen LogP contribution in [0.25, 0.3) is 0 Å². The first-order valence-electron chi connectivity index (χ1n) is 6.66. The normalized spacial score (nSPS) is 23.2. The number of nitrogens with one attached hydrogen (secondary N) is 2. The van der Waals surface area contributed by atoms with Crippen LogP contribution in [0.3, 0.4) is 0 Å². The summed E-state index contributed by atoms with van der Waals surface area (Å²) >= 11 is 0. The second-order valence-electron chi connectivity index (χ2n) is 5.31. The molecular weight excluding hydrogens is 198 g/mol. The first-order valence-corrected chi connectivity index (χ1v) is 6.66. The molecule has 16 heavy (non-hydrogen) atoms. The Hall–Kier alpha value is -0.830. The summed E-state index contributed by atoms with van der Waals surface area (Å²) in [4.78, 5) is 8.07. The highest BCUT2D eigenvalue weighted by atomic mass is 14.9. The van der Waals surface area contributed by atoms with Crippen LogP contribution in [0.1, 0.15) is 49.5 Å². The van der Waals surface area contributed by atoms with Crippen molar-refractivity contribution in [2.45, 2.75) is 44.4 Å². The zero-order valence-electron chi connectivity index (χ0n) is 9.84. The Morgan fingerprint density at radius 3 is 2.69 bits per heavy atom. The summed E-state index contributed by atoms with van der Waals surface area (Å²) in [6.07, 6.45) is 9.94. The largest absolute Gasteiger partial charge is 0.346 e. The molecule has 0 amide bonds.